The topological polar surface area (TPSA) is 101 Å². The number of furan rings is 1. The maximum Gasteiger partial charge on any atom is 0.242 e. The summed E-state index contributed by atoms with van der Waals surface area (Å²) >= 11 is 0. The zero-order valence-corrected chi connectivity index (χ0v) is 12.5. The second-order valence-corrected chi connectivity index (χ2v) is 6.49. The van der Waals surface area contributed by atoms with Crippen LogP contribution in [-0.2, 0) is 16.6 Å². The van der Waals surface area contributed by atoms with E-state index in [9.17, 15) is 8.42 Å². The summed E-state index contributed by atoms with van der Waals surface area (Å²) in [4.78, 5) is 3.01. The van der Waals surface area contributed by atoms with Crippen molar-refractivity contribution in [1.29, 1.82) is 0 Å². The van der Waals surface area contributed by atoms with E-state index >= 15 is 0 Å². The molecule has 20 heavy (non-hydrogen) atoms. The standard InChI is InChI=1S/C13H19N3O3S/c1-8-4-13(10(3)19-8)9(2)16-20(17,18)12-5-11(6-14)15-7-12/h4-5,7,9,15-16H,6,14H2,1-3H3. The minimum absolute atomic E-state index is 0.183. The normalized spacial score (nSPS) is 13.6. The third-order valence-corrected chi connectivity index (χ3v) is 4.64. The number of nitrogens with two attached hydrogens (primary N) is 1. The van der Waals surface area contributed by atoms with Crippen LogP contribution >= 0.6 is 0 Å². The van der Waals surface area contributed by atoms with E-state index < -0.39 is 10.0 Å². The van der Waals surface area contributed by atoms with Crippen molar-refractivity contribution < 1.29 is 12.8 Å². The molecule has 2 aromatic rings. The summed E-state index contributed by atoms with van der Waals surface area (Å²) in [5, 5.41) is 0. The lowest BCUT2D eigenvalue weighted by molar-refractivity contribution is 0.496. The van der Waals surface area contributed by atoms with E-state index in [1.54, 1.807) is 6.92 Å². The molecule has 0 radical (unpaired) electrons. The third kappa shape index (κ3) is 2.95. The Hall–Kier alpha value is -1.57. The van der Waals surface area contributed by atoms with Gasteiger partial charge in [0, 0.05) is 30.0 Å². The molecule has 2 rings (SSSR count). The molecule has 0 saturated carbocycles. The highest BCUT2D eigenvalue weighted by atomic mass is 32.2. The number of aromatic amines is 1. The smallest absolute Gasteiger partial charge is 0.242 e. The number of H-pyrrole nitrogens is 1. The van der Waals surface area contributed by atoms with Crippen LogP contribution in [0.1, 0.15) is 35.7 Å². The molecule has 0 fully saturated rings. The Morgan fingerprint density at radius 2 is 2.10 bits per heavy atom. The van der Waals surface area contributed by atoms with Crippen LogP contribution in [0.3, 0.4) is 0 Å². The lowest BCUT2D eigenvalue weighted by Gasteiger charge is -2.12. The maximum atomic E-state index is 12.3. The first-order valence-corrected chi connectivity index (χ1v) is 7.78. The van der Waals surface area contributed by atoms with Gasteiger partial charge in [0.1, 0.15) is 11.5 Å². The van der Waals surface area contributed by atoms with Crippen molar-refractivity contribution in [3.8, 4) is 0 Å². The molecule has 6 nitrogen and oxygen atoms in total. The maximum absolute atomic E-state index is 12.3. The fourth-order valence-corrected chi connectivity index (χ4v) is 3.38. The number of nitrogens with one attached hydrogen (secondary N) is 2. The highest BCUT2D eigenvalue weighted by molar-refractivity contribution is 7.89. The van der Waals surface area contributed by atoms with Crippen molar-refractivity contribution in [3.05, 3.63) is 41.1 Å². The minimum atomic E-state index is -3.58. The molecule has 1 atom stereocenters. The monoisotopic (exact) mass is 297 g/mol. The Balaban J connectivity index is 2.21. The van der Waals surface area contributed by atoms with Gasteiger partial charge in [-0.25, -0.2) is 13.1 Å². The van der Waals surface area contributed by atoms with Gasteiger partial charge in [-0.3, -0.25) is 0 Å². The zero-order valence-electron chi connectivity index (χ0n) is 11.7. The van der Waals surface area contributed by atoms with Crippen LogP contribution in [0.25, 0.3) is 0 Å². The van der Waals surface area contributed by atoms with Crippen molar-refractivity contribution in [3.63, 3.8) is 0 Å². The van der Waals surface area contributed by atoms with Crippen molar-refractivity contribution in [2.24, 2.45) is 5.73 Å². The number of hydrogen-bond acceptors (Lipinski definition) is 4. The van der Waals surface area contributed by atoms with Gasteiger partial charge in [0.15, 0.2) is 0 Å². The molecule has 4 N–H and O–H groups in total. The fraction of sp³-hybridized carbons (Fsp3) is 0.385. The van der Waals surface area contributed by atoms with E-state index in [0.29, 0.717) is 5.69 Å². The molecule has 0 amide bonds. The molecular weight excluding hydrogens is 278 g/mol. The van der Waals surface area contributed by atoms with E-state index in [-0.39, 0.29) is 17.5 Å². The Morgan fingerprint density at radius 1 is 1.40 bits per heavy atom. The van der Waals surface area contributed by atoms with Gasteiger partial charge in [-0.2, -0.15) is 0 Å². The molecule has 0 saturated heterocycles. The van der Waals surface area contributed by atoms with Gasteiger partial charge in [-0.15, -0.1) is 0 Å². The zero-order chi connectivity index (χ0) is 14.9. The molecule has 7 heteroatoms. The molecule has 2 heterocycles. The summed E-state index contributed by atoms with van der Waals surface area (Å²) in [6, 6.07) is 3.00. The second-order valence-electron chi connectivity index (χ2n) is 4.78. The van der Waals surface area contributed by atoms with Gasteiger partial charge in [0.2, 0.25) is 10.0 Å². The highest BCUT2D eigenvalue weighted by Crippen LogP contribution is 2.23. The Kier molecular flexibility index (Phi) is 4.03. The van der Waals surface area contributed by atoms with Gasteiger partial charge >= 0.3 is 0 Å². The van der Waals surface area contributed by atoms with Crippen LogP contribution in [0.15, 0.2) is 27.6 Å². The Morgan fingerprint density at radius 3 is 2.60 bits per heavy atom. The quantitative estimate of drug-likeness (QED) is 0.782. The van der Waals surface area contributed by atoms with E-state index in [2.05, 4.69) is 9.71 Å². The van der Waals surface area contributed by atoms with Crippen LogP contribution in [-0.4, -0.2) is 13.4 Å². The van der Waals surface area contributed by atoms with E-state index in [1.807, 2.05) is 19.9 Å². The van der Waals surface area contributed by atoms with Gasteiger partial charge < -0.3 is 15.1 Å². The first-order valence-electron chi connectivity index (χ1n) is 6.30. The lowest BCUT2D eigenvalue weighted by Crippen LogP contribution is -2.26. The summed E-state index contributed by atoms with van der Waals surface area (Å²) in [6.07, 6.45) is 1.44. The highest BCUT2D eigenvalue weighted by Gasteiger charge is 2.22. The molecule has 0 aliphatic carbocycles. The van der Waals surface area contributed by atoms with E-state index in [1.165, 1.54) is 12.3 Å². The summed E-state index contributed by atoms with van der Waals surface area (Å²) in [6.45, 7) is 5.70. The third-order valence-electron chi connectivity index (χ3n) is 3.12. The number of rotatable bonds is 5. The van der Waals surface area contributed by atoms with Crippen LogP contribution in [0.4, 0.5) is 0 Å². The average molecular weight is 297 g/mol. The predicted molar refractivity (Wildman–Crippen MR) is 75.6 cm³/mol. The first-order chi connectivity index (χ1) is 9.33. The van der Waals surface area contributed by atoms with Crippen LogP contribution in [0.5, 0.6) is 0 Å². The summed E-state index contributed by atoms with van der Waals surface area (Å²) in [5.41, 5.74) is 6.97. The van der Waals surface area contributed by atoms with Crippen molar-refractivity contribution >= 4 is 10.0 Å². The fourth-order valence-electron chi connectivity index (χ4n) is 2.14. The molecule has 110 valence electrons. The Labute approximate surface area is 118 Å². The molecule has 0 aliphatic rings. The molecule has 0 aliphatic heterocycles. The van der Waals surface area contributed by atoms with Crippen LogP contribution in [0, 0.1) is 13.8 Å². The van der Waals surface area contributed by atoms with E-state index in [4.69, 9.17) is 10.2 Å². The lowest BCUT2D eigenvalue weighted by atomic mass is 10.1. The van der Waals surface area contributed by atoms with Gasteiger partial charge in [-0.05, 0) is 32.9 Å². The summed E-state index contributed by atoms with van der Waals surface area (Å²) in [5.74, 6) is 1.48. The number of sulfonamides is 1. The molecule has 1 unspecified atom stereocenters. The van der Waals surface area contributed by atoms with Crippen molar-refractivity contribution in [1.82, 2.24) is 9.71 Å². The minimum Gasteiger partial charge on any atom is -0.466 e. The molecule has 0 aromatic carbocycles. The summed E-state index contributed by atoms with van der Waals surface area (Å²) < 4.78 is 32.6. The Bertz CT molecular complexity index is 700. The molecule has 0 bridgehead atoms. The number of hydrogen-bond donors (Lipinski definition) is 3. The van der Waals surface area contributed by atoms with Gasteiger partial charge in [-0.1, -0.05) is 0 Å². The SMILES string of the molecule is Cc1cc(C(C)NS(=O)(=O)c2c[nH]c(CN)c2)c(C)o1. The predicted octanol–water partition coefficient (Wildman–Crippen LogP) is 1.72. The summed E-state index contributed by atoms with van der Waals surface area (Å²) in [7, 11) is -3.58. The van der Waals surface area contributed by atoms with Gasteiger partial charge in [0.25, 0.3) is 0 Å². The van der Waals surface area contributed by atoms with Crippen LogP contribution in [0.2, 0.25) is 0 Å². The van der Waals surface area contributed by atoms with Crippen LogP contribution < -0.4 is 10.5 Å². The second kappa shape index (κ2) is 5.43. The van der Waals surface area contributed by atoms with Gasteiger partial charge in [0.05, 0.1) is 4.90 Å². The van der Waals surface area contributed by atoms with E-state index in [0.717, 1.165) is 17.1 Å². The molecule has 0 spiro atoms. The number of aromatic nitrogens is 1. The molecule has 2 aromatic heterocycles. The first kappa shape index (κ1) is 14.8. The van der Waals surface area contributed by atoms with Crippen molar-refractivity contribution in [2.45, 2.75) is 38.3 Å². The number of aryl methyl sites for hydroxylation is 2. The van der Waals surface area contributed by atoms with Crippen molar-refractivity contribution in [2.75, 3.05) is 0 Å². The molecular formula is C13H19N3O3S. The average Bonchev–Trinajstić information content (AvgIpc) is 2.95. The largest absolute Gasteiger partial charge is 0.466 e.